The molecule has 0 aliphatic carbocycles. The first-order chi connectivity index (χ1) is 8.51. The van der Waals surface area contributed by atoms with Crippen LogP contribution in [0.15, 0.2) is 6.20 Å². The number of alkyl halides is 2. The second-order valence-corrected chi connectivity index (χ2v) is 3.55. The summed E-state index contributed by atoms with van der Waals surface area (Å²) in [4.78, 5) is 15.0. The van der Waals surface area contributed by atoms with E-state index in [0.29, 0.717) is 5.56 Å². The van der Waals surface area contributed by atoms with Crippen molar-refractivity contribution in [2.75, 3.05) is 12.3 Å². The lowest BCUT2D eigenvalue weighted by Gasteiger charge is -2.14. The second-order valence-electron chi connectivity index (χ2n) is 3.55. The van der Waals surface area contributed by atoms with Gasteiger partial charge in [0.15, 0.2) is 0 Å². The molecule has 0 saturated heterocycles. The highest BCUT2D eigenvalue weighted by molar-refractivity contribution is 5.74. The van der Waals surface area contributed by atoms with Crippen molar-refractivity contribution in [1.82, 2.24) is 4.98 Å². The molecule has 5 nitrogen and oxygen atoms in total. The Morgan fingerprint density at radius 3 is 2.72 bits per heavy atom. The van der Waals surface area contributed by atoms with Crippen molar-refractivity contribution in [1.29, 1.82) is 0 Å². The molecular formula is C11H15F2N3O2. The van der Waals surface area contributed by atoms with E-state index in [0.717, 1.165) is 0 Å². The zero-order valence-corrected chi connectivity index (χ0v) is 9.95. The van der Waals surface area contributed by atoms with Crippen molar-refractivity contribution < 1.29 is 18.3 Å². The Balaban J connectivity index is 3.19. The van der Waals surface area contributed by atoms with Crippen LogP contribution < -0.4 is 11.5 Å². The van der Waals surface area contributed by atoms with Crippen LogP contribution >= 0.6 is 0 Å². The minimum absolute atomic E-state index is 0.00172. The Hall–Kier alpha value is -1.76. The second kappa shape index (κ2) is 6.25. The molecule has 4 N–H and O–H groups in total. The lowest BCUT2D eigenvalue weighted by atomic mass is 10.0. The largest absolute Gasteiger partial charge is 0.466 e. The van der Waals surface area contributed by atoms with Gasteiger partial charge in [0, 0.05) is 12.7 Å². The molecule has 1 aromatic heterocycles. The summed E-state index contributed by atoms with van der Waals surface area (Å²) in [6.45, 7) is 1.82. The van der Waals surface area contributed by atoms with Crippen LogP contribution in [0, 0.1) is 0 Å². The van der Waals surface area contributed by atoms with Crippen molar-refractivity contribution in [2.45, 2.75) is 26.3 Å². The summed E-state index contributed by atoms with van der Waals surface area (Å²) >= 11 is 0. The fourth-order valence-corrected chi connectivity index (χ4v) is 1.61. The van der Waals surface area contributed by atoms with Crippen LogP contribution in [0.1, 0.15) is 30.0 Å². The molecule has 0 atom stereocenters. The Bertz CT molecular complexity index is 439. The molecule has 0 bridgehead atoms. The molecule has 0 amide bonds. The molecule has 100 valence electrons. The van der Waals surface area contributed by atoms with E-state index in [1.165, 1.54) is 6.20 Å². The van der Waals surface area contributed by atoms with E-state index < -0.39 is 18.0 Å². The number of anilines is 1. The molecule has 0 saturated carbocycles. The highest BCUT2D eigenvalue weighted by atomic mass is 19.3. The van der Waals surface area contributed by atoms with E-state index >= 15 is 0 Å². The number of carbonyl (C=O) groups is 1. The number of ether oxygens (including phenoxy) is 1. The van der Waals surface area contributed by atoms with Gasteiger partial charge in [0.05, 0.1) is 18.6 Å². The number of halogens is 2. The number of esters is 1. The molecule has 7 heteroatoms. The number of nitrogens with zero attached hydrogens (tertiary/aromatic N) is 1. The topological polar surface area (TPSA) is 91.2 Å². The third-order valence-electron chi connectivity index (χ3n) is 2.41. The van der Waals surface area contributed by atoms with Gasteiger partial charge in [-0.05, 0) is 18.1 Å². The van der Waals surface area contributed by atoms with Crippen LogP contribution in [0.3, 0.4) is 0 Å². The lowest BCUT2D eigenvalue weighted by molar-refractivity contribution is -0.142. The minimum atomic E-state index is -2.81. The first-order valence-corrected chi connectivity index (χ1v) is 5.41. The fourth-order valence-electron chi connectivity index (χ4n) is 1.61. The molecular weight excluding hydrogens is 244 g/mol. The first kappa shape index (κ1) is 14.3. The number of rotatable bonds is 5. The highest BCUT2D eigenvalue weighted by Crippen LogP contribution is 2.29. The summed E-state index contributed by atoms with van der Waals surface area (Å²) in [7, 11) is 0. The number of pyridine rings is 1. The molecule has 0 aliphatic rings. The molecule has 0 aliphatic heterocycles. The number of hydrogen-bond donors (Lipinski definition) is 2. The maximum absolute atomic E-state index is 12.9. The standard InChI is InChI=1S/C11H15F2N3O2/c1-2-18-8(17)3-7-6(4-14)5-16-11(15)9(7)10(12)13/h5,10H,2-4,14H2,1H3,(H2,15,16). The summed E-state index contributed by atoms with van der Waals surface area (Å²) in [5.74, 6) is -0.888. The van der Waals surface area contributed by atoms with Crippen LogP contribution in [0.5, 0.6) is 0 Å². The number of nitrogen functional groups attached to an aromatic ring is 1. The zero-order valence-electron chi connectivity index (χ0n) is 9.95. The van der Waals surface area contributed by atoms with E-state index in [9.17, 15) is 13.6 Å². The van der Waals surface area contributed by atoms with Gasteiger partial charge in [0.2, 0.25) is 0 Å². The van der Waals surface area contributed by atoms with Gasteiger partial charge >= 0.3 is 5.97 Å². The normalized spacial score (nSPS) is 10.7. The van der Waals surface area contributed by atoms with Gasteiger partial charge in [-0.15, -0.1) is 0 Å². The first-order valence-electron chi connectivity index (χ1n) is 5.41. The molecule has 0 unspecified atom stereocenters. The summed E-state index contributed by atoms with van der Waals surface area (Å²) in [5.41, 5.74) is 10.9. The molecule has 0 spiro atoms. The highest BCUT2D eigenvalue weighted by Gasteiger charge is 2.22. The van der Waals surface area contributed by atoms with Gasteiger partial charge in [-0.2, -0.15) is 0 Å². The summed E-state index contributed by atoms with van der Waals surface area (Å²) < 4.78 is 30.6. The van der Waals surface area contributed by atoms with Gasteiger partial charge < -0.3 is 16.2 Å². The average molecular weight is 259 g/mol. The predicted octanol–water partition coefficient (Wildman–Crippen LogP) is 1.17. The Morgan fingerprint density at radius 1 is 1.56 bits per heavy atom. The van der Waals surface area contributed by atoms with Crippen molar-refractivity contribution in [3.8, 4) is 0 Å². The van der Waals surface area contributed by atoms with Gasteiger partial charge in [0.1, 0.15) is 5.82 Å². The van der Waals surface area contributed by atoms with E-state index in [1.807, 2.05) is 0 Å². The monoisotopic (exact) mass is 259 g/mol. The molecule has 18 heavy (non-hydrogen) atoms. The predicted molar refractivity (Wildman–Crippen MR) is 61.8 cm³/mol. The van der Waals surface area contributed by atoms with Crippen molar-refractivity contribution >= 4 is 11.8 Å². The molecule has 1 heterocycles. The molecule has 0 radical (unpaired) electrons. The van der Waals surface area contributed by atoms with Gasteiger partial charge in [-0.1, -0.05) is 0 Å². The molecule has 1 rings (SSSR count). The molecule has 1 aromatic rings. The maximum atomic E-state index is 12.9. The van der Waals surface area contributed by atoms with E-state index in [2.05, 4.69) is 4.98 Å². The summed E-state index contributed by atoms with van der Waals surface area (Å²) in [6.07, 6.45) is -1.80. The zero-order chi connectivity index (χ0) is 13.7. The lowest BCUT2D eigenvalue weighted by Crippen LogP contribution is -2.15. The average Bonchev–Trinajstić information content (AvgIpc) is 2.29. The fraction of sp³-hybridized carbons (Fsp3) is 0.455. The Labute approximate surface area is 103 Å². The van der Waals surface area contributed by atoms with Gasteiger partial charge in [-0.25, -0.2) is 13.8 Å². The SMILES string of the molecule is CCOC(=O)Cc1c(CN)cnc(N)c1C(F)F. The third-order valence-corrected chi connectivity index (χ3v) is 2.41. The summed E-state index contributed by atoms with van der Waals surface area (Å²) in [6, 6.07) is 0. The quantitative estimate of drug-likeness (QED) is 0.774. The van der Waals surface area contributed by atoms with E-state index in [1.54, 1.807) is 6.92 Å². The van der Waals surface area contributed by atoms with Crippen molar-refractivity contribution in [3.63, 3.8) is 0 Å². The number of hydrogen-bond acceptors (Lipinski definition) is 5. The number of carbonyl (C=O) groups excluding carboxylic acids is 1. The van der Waals surface area contributed by atoms with Crippen LogP contribution in [-0.4, -0.2) is 17.6 Å². The Kier molecular flexibility index (Phi) is 4.96. The van der Waals surface area contributed by atoms with Gasteiger partial charge in [0.25, 0.3) is 6.43 Å². The summed E-state index contributed by atoms with van der Waals surface area (Å²) in [5, 5.41) is 0. The number of nitrogens with two attached hydrogens (primary N) is 2. The third kappa shape index (κ3) is 3.13. The molecule has 0 fully saturated rings. The minimum Gasteiger partial charge on any atom is -0.466 e. The van der Waals surface area contributed by atoms with Crippen LogP contribution in [0.25, 0.3) is 0 Å². The van der Waals surface area contributed by atoms with Crippen LogP contribution in [0.2, 0.25) is 0 Å². The van der Waals surface area contributed by atoms with Crippen LogP contribution in [0.4, 0.5) is 14.6 Å². The van der Waals surface area contributed by atoms with Gasteiger partial charge in [-0.3, -0.25) is 4.79 Å². The van der Waals surface area contributed by atoms with Crippen molar-refractivity contribution in [2.24, 2.45) is 5.73 Å². The van der Waals surface area contributed by atoms with Crippen molar-refractivity contribution in [3.05, 3.63) is 22.9 Å². The number of aromatic nitrogens is 1. The van der Waals surface area contributed by atoms with Crippen LogP contribution in [-0.2, 0) is 22.5 Å². The maximum Gasteiger partial charge on any atom is 0.310 e. The Morgan fingerprint density at radius 2 is 2.22 bits per heavy atom. The van der Waals surface area contributed by atoms with E-state index in [4.69, 9.17) is 16.2 Å². The molecule has 0 aromatic carbocycles. The smallest absolute Gasteiger partial charge is 0.310 e. The van der Waals surface area contributed by atoms with E-state index in [-0.39, 0.29) is 31.0 Å².